The summed E-state index contributed by atoms with van der Waals surface area (Å²) in [6, 6.07) is 2.16. The van der Waals surface area contributed by atoms with Gasteiger partial charge in [-0.15, -0.1) is 0 Å². The van der Waals surface area contributed by atoms with Crippen LogP contribution >= 0.6 is 0 Å². The molecule has 16 heavy (non-hydrogen) atoms. The molecule has 1 aromatic rings. The van der Waals surface area contributed by atoms with Gasteiger partial charge in [-0.05, 0) is 12.8 Å². The quantitative estimate of drug-likeness (QED) is 0.815. The number of hydrogen-bond acceptors (Lipinski definition) is 4. The zero-order valence-corrected chi connectivity index (χ0v) is 10.2. The van der Waals surface area contributed by atoms with Gasteiger partial charge >= 0.3 is 0 Å². The van der Waals surface area contributed by atoms with Crippen LogP contribution in [0.5, 0.6) is 0 Å². The van der Waals surface area contributed by atoms with Gasteiger partial charge in [0.05, 0.1) is 12.3 Å². The first-order chi connectivity index (χ1) is 7.60. The third-order valence-corrected chi connectivity index (χ3v) is 2.40. The number of nitrogens with zero attached hydrogens (tertiary/aromatic N) is 3. The van der Waals surface area contributed by atoms with E-state index in [2.05, 4.69) is 23.4 Å². The Balaban J connectivity index is 2.70. The van der Waals surface area contributed by atoms with Crippen LogP contribution in [0.3, 0.4) is 0 Å². The minimum atomic E-state index is 0.395. The Morgan fingerprint density at radius 2 is 2.31 bits per heavy atom. The summed E-state index contributed by atoms with van der Waals surface area (Å²) < 4.78 is 6.76. The van der Waals surface area contributed by atoms with Crippen LogP contribution in [0, 0.1) is 24.2 Å². The summed E-state index contributed by atoms with van der Waals surface area (Å²) in [4.78, 5) is 0. The van der Waals surface area contributed by atoms with Crippen LogP contribution in [0.4, 0.5) is 5.82 Å². The van der Waals surface area contributed by atoms with Crippen molar-refractivity contribution < 1.29 is 4.74 Å². The summed E-state index contributed by atoms with van der Waals surface area (Å²) in [6.07, 6.45) is 0. The number of aromatic nitrogens is 2. The van der Waals surface area contributed by atoms with Crippen molar-refractivity contribution in [3.63, 3.8) is 0 Å². The molecule has 0 aliphatic rings. The van der Waals surface area contributed by atoms with Crippen LogP contribution < -0.4 is 5.32 Å². The normalized spacial score (nSPS) is 12.2. The lowest BCUT2D eigenvalue weighted by atomic mass is 10.2. The molecule has 1 unspecified atom stereocenters. The smallest absolute Gasteiger partial charge is 0.142 e. The fourth-order valence-electron chi connectivity index (χ4n) is 1.61. The predicted octanol–water partition coefficient (Wildman–Crippen LogP) is 1.29. The first-order valence-corrected chi connectivity index (χ1v) is 5.26. The Morgan fingerprint density at radius 3 is 2.88 bits per heavy atom. The molecule has 0 aliphatic carbocycles. The third-order valence-electron chi connectivity index (χ3n) is 2.40. The maximum atomic E-state index is 9.01. The summed E-state index contributed by atoms with van der Waals surface area (Å²) in [6.45, 7) is 5.39. The Bertz CT molecular complexity index is 391. The first kappa shape index (κ1) is 12.5. The summed E-state index contributed by atoms with van der Waals surface area (Å²) >= 11 is 0. The lowest BCUT2D eigenvalue weighted by Gasteiger charge is -2.12. The highest BCUT2D eigenvalue weighted by molar-refractivity contribution is 5.54. The van der Waals surface area contributed by atoms with Crippen molar-refractivity contribution in [2.45, 2.75) is 13.8 Å². The molecule has 1 rings (SSSR count). The van der Waals surface area contributed by atoms with Crippen molar-refractivity contribution in [1.29, 1.82) is 5.26 Å². The minimum absolute atomic E-state index is 0.395. The summed E-state index contributed by atoms with van der Waals surface area (Å²) in [5.41, 5.74) is 1.37. The highest BCUT2D eigenvalue weighted by Gasteiger charge is 2.13. The van der Waals surface area contributed by atoms with Crippen molar-refractivity contribution >= 4 is 5.82 Å². The van der Waals surface area contributed by atoms with E-state index in [1.807, 2.05) is 14.0 Å². The van der Waals surface area contributed by atoms with Crippen molar-refractivity contribution in [3.05, 3.63) is 11.3 Å². The van der Waals surface area contributed by atoms with Crippen LogP contribution in [0.2, 0.25) is 0 Å². The molecule has 0 saturated heterocycles. The van der Waals surface area contributed by atoms with Crippen LogP contribution in [0.25, 0.3) is 0 Å². The van der Waals surface area contributed by atoms with E-state index in [0.717, 1.165) is 18.1 Å². The van der Waals surface area contributed by atoms with Crippen LogP contribution in [-0.2, 0) is 11.8 Å². The van der Waals surface area contributed by atoms with Gasteiger partial charge in [-0.2, -0.15) is 10.4 Å². The van der Waals surface area contributed by atoms with Gasteiger partial charge in [0.1, 0.15) is 17.5 Å². The Morgan fingerprint density at radius 1 is 1.62 bits per heavy atom. The molecule has 1 atom stereocenters. The average Bonchev–Trinajstić information content (AvgIpc) is 2.50. The summed E-state index contributed by atoms with van der Waals surface area (Å²) in [5, 5.41) is 16.5. The molecule has 0 spiro atoms. The van der Waals surface area contributed by atoms with Gasteiger partial charge in [0.2, 0.25) is 0 Å². The number of methoxy groups -OCH3 is 1. The third kappa shape index (κ3) is 2.74. The number of anilines is 1. The molecule has 0 radical (unpaired) electrons. The largest absolute Gasteiger partial charge is 0.384 e. The molecular weight excluding hydrogens is 204 g/mol. The van der Waals surface area contributed by atoms with Gasteiger partial charge in [0.15, 0.2) is 0 Å². The molecule has 0 saturated carbocycles. The molecule has 88 valence electrons. The van der Waals surface area contributed by atoms with Gasteiger partial charge in [0, 0.05) is 20.7 Å². The molecule has 5 nitrogen and oxygen atoms in total. The van der Waals surface area contributed by atoms with Crippen LogP contribution in [-0.4, -0.2) is 30.0 Å². The Labute approximate surface area is 96.0 Å². The van der Waals surface area contributed by atoms with E-state index < -0.39 is 0 Å². The van der Waals surface area contributed by atoms with E-state index in [4.69, 9.17) is 10.00 Å². The van der Waals surface area contributed by atoms with E-state index in [1.165, 1.54) is 0 Å². The van der Waals surface area contributed by atoms with Crippen molar-refractivity contribution in [2.24, 2.45) is 13.0 Å². The molecule has 0 aromatic carbocycles. The van der Waals surface area contributed by atoms with E-state index >= 15 is 0 Å². The first-order valence-electron chi connectivity index (χ1n) is 5.26. The fourth-order valence-corrected chi connectivity index (χ4v) is 1.61. The zero-order chi connectivity index (χ0) is 12.1. The van der Waals surface area contributed by atoms with Gasteiger partial charge in [-0.3, -0.25) is 4.68 Å². The lowest BCUT2D eigenvalue weighted by Crippen LogP contribution is -2.17. The monoisotopic (exact) mass is 222 g/mol. The number of ether oxygens (including phenoxy) is 1. The Hall–Kier alpha value is -1.54. The molecule has 0 amide bonds. The zero-order valence-electron chi connectivity index (χ0n) is 10.2. The van der Waals surface area contributed by atoms with Crippen LogP contribution in [0.15, 0.2) is 0 Å². The second-order valence-electron chi connectivity index (χ2n) is 3.99. The van der Waals surface area contributed by atoms with Gasteiger partial charge < -0.3 is 10.1 Å². The number of aryl methyl sites for hydroxylation is 2. The lowest BCUT2D eigenvalue weighted by molar-refractivity contribution is 0.164. The number of hydrogen-bond donors (Lipinski definition) is 1. The maximum absolute atomic E-state index is 9.01. The van der Waals surface area contributed by atoms with Crippen molar-refractivity contribution in [2.75, 3.05) is 25.6 Å². The molecular formula is C11H18N4O. The topological polar surface area (TPSA) is 62.9 Å². The standard InChI is InChI=1S/C11H18N4O/c1-8(7-16-4)6-13-11-10(5-12)9(2)14-15(11)3/h8,13H,6-7H2,1-4H3. The average molecular weight is 222 g/mol. The van der Waals surface area contributed by atoms with Crippen molar-refractivity contribution in [3.8, 4) is 6.07 Å². The second-order valence-corrected chi connectivity index (χ2v) is 3.99. The molecule has 0 aliphatic heterocycles. The number of nitriles is 1. The fraction of sp³-hybridized carbons (Fsp3) is 0.636. The van der Waals surface area contributed by atoms with Crippen LogP contribution in [0.1, 0.15) is 18.2 Å². The molecule has 1 heterocycles. The predicted molar refractivity (Wildman–Crippen MR) is 62.2 cm³/mol. The molecule has 0 fully saturated rings. The van der Waals surface area contributed by atoms with Gasteiger partial charge in [-0.25, -0.2) is 0 Å². The van der Waals surface area contributed by atoms with E-state index in [1.54, 1.807) is 11.8 Å². The molecule has 1 N–H and O–H groups in total. The van der Waals surface area contributed by atoms with Crippen molar-refractivity contribution in [1.82, 2.24) is 9.78 Å². The Kier molecular flexibility index (Phi) is 4.32. The summed E-state index contributed by atoms with van der Waals surface area (Å²) in [5.74, 6) is 1.18. The van der Waals surface area contributed by atoms with Gasteiger partial charge in [-0.1, -0.05) is 6.92 Å². The van der Waals surface area contributed by atoms with E-state index in [0.29, 0.717) is 18.1 Å². The SMILES string of the molecule is COCC(C)CNc1c(C#N)c(C)nn1C. The number of nitrogens with one attached hydrogen (secondary N) is 1. The molecule has 5 heteroatoms. The highest BCUT2D eigenvalue weighted by Crippen LogP contribution is 2.17. The highest BCUT2D eigenvalue weighted by atomic mass is 16.5. The summed E-state index contributed by atoms with van der Waals surface area (Å²) in [7, 11) is 3.52. The second kappa shape index (κ2) is 5.52. The van der Waals surface area contributed by atoms with E-state index in [9.17, 15) is 0 Å². The number of rotatable bonds is 5. The minimum Gasteiger partial charge on any atom is -0.384 e. The maximum Gasteiger partial charge on any atom is 0.142 e. The molecule has 0 bridgehead atoms. The molecule has 1 aromatic heterocycles. The van der Waals surface area contributed by atoms with E-state index in [-0.39, 0.29) is 0 Å². The van der Waals surface area contributed by atoms with Gasteiger partial charge in [0.25, 0.3) is 0 Å².